The van der Waals surface area contributed by atoms with Crippen molar-refractivity contribution >= 4 is 15.7 Å². The molecule has 7 heteroatoms. The lowest BCUT2D eigenvalue weighted by molar-refractivity contribution is -0.137. The van der Waals surface area contributed by atoms with Crippen LogP contribution in [0.1, 0.15) is 49.3 Å². The van der Waals surface area contributed by atoms with E-state index in [0.717, 1.165) is 51.9 Å². The molecule has 1 aliphatic carbocycles. The van der Waals surface area contributed by atoms with E-state index in [1.807, 2.05) is 4.90 Å². The van der Waals surface area contributed by atoms with E-state index < -0.39 is 9.84 Å². The Balaban J connectivity index is 1.25. The summed E-state index contributed by atoms with van der Waals surface area (Å²) in [4.78, 5) is 20.3. The quantitative estimate of drug-likeness (QED) is 0.590. The zero-order valence-electron chi connectivity index (χ0n) is 20.5. The fourth-order valence-corrected chi connectivity index (χ4v) is 7.93. The highest BCUT2D eigenvalue weighted by molar-refractivity contribution is 7.91. The van der Waals surface area contributed by atoms with Gasteiger partial charge in [-0.2, -0.15) is 0 Å². The molecule has 1 atom stereocenters. The van der Waals surface area contributed by atoms with Gasteiger partial charge in [-0.3, -0.25) is 14.6 Å². The van der Waals surface area contributed by atoms with E-state index in [1.165, 1.54) is 11.1 Å². The van der Waals surface area contributed by atoms with Gasteiger partial charge in [-0.1, -0.05) is 73.5 Å². The summed E-state index contributed by atoms with van der Waals surface area (Å²) in [7, 11) is -3.02. The van der Waals surface area contributed by atoms with Crippen molar-refractivity contribution in [3.63, 3.8) is 0 Å². The normalized spacial score (nSPS) is 23.6. The van der Waals surface area contributed by atoms with Crippen molar-refractivity contribution < 1.29 is 13.2 Å². The summed E-state index contributed by atoms with van der Waals surface area (Å²) >= 11 is 0. The first-order valence-electron chi connectivity index (χ1n) is 13.1. The van der Waals surface area contributed by atoms with Crippen LogP contribution in [-0.2, 0) is 14.6 Å². The Morgan fingerprint density at radius 1 is 0.829 bits per heavy atom. The van der Waals surface area contributed by atoms with E-state index >= 15 is 0 Å². The Kier molecular flexibility index (Phi) is 7.56. The molecule has 5 rings (SSSR count). The number of hydrogen-bond acceptors (Lipinski definition) is 5. The summed E-state index contributed by atoms with van der Waals surface area (Å²) in [6.07, 6.45) is 4.87. The van der Waals surface area contributed by atoms with Crippen LogP contribution in [0, 0.1) is 0 Å². The van der Waals surface area contributed by atoms with Crippen LogP contribution in [0.2, 0.25) is 0 Å². The second-order valence-corrected chi connectivity index (χ2v) is 12.6. The van der Waals surface area contributed by atoms with Crippen LogP contribution in [-0.4, -0.2) is 85.3 Å². The van der Waals surface area contributed by atoms with Crippen LogP contribution in [0.3, 0.4) is 0 Å². The lowest BCUT2D eigenvalue weighted by atomic mass is 9.96. The van der Waals surface area contributed by atoms with Gasteiger partial charge in [0.05, 0.1) is 24.1 Å². The van der Waals surface area contributed by atoms with E-state index in [9.17, 15) is 13.2 Å². The van der Waals surface area contributed by atoms with Gasteiger partial charge in [-0.25, -0.2) is 8.42 Å². The molecule has 0 unspecified atom stereocenters. The zero-order valence-corrected chi connectivity index (χ0v) is 21.3. The second-order valence-electron chi connectivity index (χ2n) is 10.3. The van der Waals surface area contributed by atoms with E-state index in [2.05, 4.69) is 70.5 Å². The van der Waals surface area contributed by atoms with Crippen molar-refractivity contribution in [2.45, 2.75) is 50.2 Å². The molecule has 0 bridgehead atoms. The Bertz CT molecular complexity index is 1040. The predicted octanol–water partition coefficient (Wildman–Crippen LogP) is 3.35. The van der Waals surface area contributed by atoms with E-state index in [1.54, 1.807) is 0 Å². The molecule has 188 valence electrons. The molecule has 2 heterocycles. The van der Waals surface area contributed by atoms with Gasteiger partial charge in [0.25, 0.3) is 0 Å². The molecule has 0 aromatic heterocycles. The van der Waals surface area contributed by atoms with E-state index in [4.69, 9.17) is 0 Å². The summed E-state index contributed by atoms with van der Waals surface area (Å²) in [5.74, 6) is 0.474. The average molecular weight is 496 g/mol. The molecule has 6 nitrogen and oxygen atoms in total. The van der Waals surface area contributed by atoms with Gasteiger partial charge in [0.15, 0.2) is 9.84 Å². The van der Waals surface area contributed by atoms with Gasteiger partial charge in [-0.15, -0.1) is 0 Å². The smallest absolute Gasteiger partial charge is 0.237 e. The first-order valence-corrected chi connectivity index (χ1v) is 14.9. The van der Waals surface area contributed by atoms with Gasteiger partial charge < -0.3 is 4.90 Å². The third kappa shape index (κ3) is 5.79. The van der Waals surface area contributed by atoms with E-state index in [0.29, 0.717) is 13.0 Å². The van der Waals surface area contributed by atoms with Gasteiger partial charge in [0, 0.05) is 38.3 Å². The minimum atomic E-state index is -3.02. The van der Waals surface area contributed by atoms with Crippen molar-refractivity contribution in [2.75, 3.05) is 44.2 Å². The minimum Gasteiger partial charge on any atom is -0.335 e. The summed E-state index contributed by atoms with van der Waals surface area (Å²) < 4.78 is 24.3. The first-order chi connectivity index (χ1) is 17.0. The molecule has 2 aliphatic heterocycles. The number of carbonyl (C=O) groups excluding carboxylic acids is 1. The first kappa shape index (κ1) is 24.5. The fraction of sp³-hybridized carbons (Fsp3) is 0.536. The number of rotatable bonds is 7. The van der Waals surface area contributed by atoms with Crippen molar-refractivity contribution in [1.82, 2.24) is 14.7 Å². The van der Waals surface area contributed by atoms with Crippen molar-refractivity contribution in [2.24, 2.45) is 0 Å². The summed E-state index contributed by atoms with van der Waals surface area (Å²) in [5, 5.41) is 0. The standard InChI is InChI=1S/C28H37N3O3S/c32-27(31(25-13-7-8-14-25)26-15-20-35(33,34)22-26)21-29-16-18-30(19-17-29)28(23-9-3-1-4-10-23)24-11-5-2-6-12-24/h1-6,9-12,25-26,28H,7-8,13-22H2/t26-/m1/s1. The van der Waals surface area contributed by atoms with Crippen LogP contribution < -0.4 is 0 Å². The Hall–Kier alpha value is -2.22. The summed E-state index contributed by atoms with van der Waals surface area (Å²) in [5.41, 5.74) is 2.58. The zero-order chi connectivity index (χ0) is 24.3. The van der Waals surface area contributed by atoms with Crippen LogP contribution in [0.5, 0.6) is 0 Å². The molecule has 1 amide bonds. The van der Waals surface area contributed by atoms with Gasteiger partial charge in [-0.05, 0) is 30.4 Å². The fourth-order valence-electron chi connectivity index (χ4n) is 6.22. The summed E-state index contributed by atoms with van der Waals surface area (Å²) in [6, 6.07) is 21.6. The molecule has 2 aromatic rings. The van der Waals surface area contributed by atoms with Crippen LogP contribution in [0.25, 0.3) is 0 Å². The number of hydrogen-bond donors (Lipinski definition) is 0. The number of piperazine rings is 1. The molecular weight excluding hydrogens is 458 g/mol. The molecule has 1 saturated carbocycles. The largest absolute Gasteiger partial charge is 0.335 e. The molecule has 2 aromatic carbocycles. The van der Waals surface area contributed by atoms with E-state index in [-0.39, 0.29) is 35.5 Å². The molecule has 2 saturated heterocycles. The topological polar surface area (TPSA) is 60.9 Å². The number of nitrogens with zero attached hydrogens (tertiary/aromatic N) is 3. The maximum atomic E-state index is 13.5. The number of sulfone groups is 1. The maximum absolute atomic E-state index is 13.5. The lowest BCUT2D eigenvalue weighted by Crippen LogP contribution is -2.54. The van der Waals surface area contributed by atoms with Gasteiger partial charge in [0.1, 0.15) is 0 Å². The molecule has 3 aliphatic rings. The minimum absolute atomic E-state index is 0.120. The highest BCUT2D eigenvalue weighted by atomic mass is 32.2. The number of carbonyl (C=O) groups is 1. The molecule has 0 spiro atoms. The third-order valence-electron chi connectivity index (χ3n) is 7.97. The van der Waals surface area contributed by atoms with Crippen LogP contribution >= 0.6 is 0 Å². The SMILES string of the molecule is O=C(CN1CCN(C(c2ccccc2)c2ccccc2)CC1)N(C1CCCC1)[C@@H]1CCS(=O)(=O)C1. The lowest BCUT2D eigenvalue weighted by Gasteiger charge is -2.41. The number of amides is 1. The molecule has 0 N–H and O–H groups in total. The molecule has 3 fully saturated rings. The number of benzene rings is 2. The second kappa shape index (κ2) is 10.8. The highest BCUT2D eigenvalue weighted by Gasteiger charge is 2.39. The van der Waals surface area contributed by atoms with Crippen LogP contribution in [0.15, 0.2) is 60.7 Å². The van der Waals surface area contributed by atoms with Gasteiger partial charge in [0.2, 0.25) is 5.91 Å². The summed E-state index contributed by atoms with van der Waals surface area (Å²) in [6.45, 7) is 3.85. The average Bonchev–Trinajstić information content (AvgIpc) is 3.52. The van der Waals surface area contributed by atoms with Crippen molar-refractivity contribution in [3.05, 3.63) is 71.8 Å². The highest BCUT2D eigenvalue weighted by Crippen LogP contribution is 2.31. The Morgan fingerprint density at radius 2 is 1.40 bits per heavy atom. The Morgan fingerprint density at radius 3 is 1.91 bits per heavy atom. The maximum Gasteiger partial charge on any atom is 0.237 e. The third-order valence-corrected chi connectivity index (χ3v) is 9.72. The molecular formula is C28H37N3O3S. The Labute approximate surface area is 209 Å². The monoisotopic (exact) mass is 495 g/mol. The molecule has 0 radical (unpaired) electrons. The predicted molar refractivity (Wildman–Crippen MR) is 139 cm³/mol. The van der Waals surface area contributed by atoms with Crippen molar-refractivity contribution in [3.8, 4) is 0 Å². The van der Waals surface area contributed by atoms with Crippen LogP contribution in [0.4, 0.5) is 0 Å². The van der Waals surface area contributed by atoms with Crippen molar-refractivity contribution in [1.29, 1.82) is 0 Å². The van der Waals surface area contributed by atoms with Gasteiger partial charge >= 0.3 is 0 Å². The molecule has 35 heavy (non-hydrogen) atoms.